The van der Waals surface area contributed by atoms with E-state index in [0.717, 1.165) is 50.7 Å². The van der Waals surface area contributed by atoms with E-state index in [-0.39, 0.29) is 0 Å². The molecule has 3 nitrogen and oxygen atoms in total. The molecule has 2 aliphatic carbocycles. The van der Waals surface area contributed by atoms with Crippen LogP contribution in [0.1, 0.15) is 58.3 Å². The minimum atomic E-state index is 0.393. The number of nitrogens with one attached hydrogen (secondary N) is 1. The van der Waals surface area contributed by atoms with Crippen LogP contribution in [-0.4, -0.2) is 36.0 Å². The van der Waals surface area contributed by atoms with Gasteiger partial charge in [-0.15, -0.1) is 0 Å². The lowest BCUT2D eigenvalue weighted by molar-refractivity contribution is -0.133. The molecule has 0 aromatic carbocycles. The van der Waals surface area contributed by atoms with Crippen molar-refractivity contribution in [2.75, 3.05) is 13.1 Å². The molecule has 1 N–H and O–H groups in total. The lowest BCUT2D eigenvalue weighted by atomic mass is 9.86. The second-order valence-electron chi connectivity index (χ2n) is 7.00. The van der Waals surface area contributed by atoms with Crippen LogP contribution in [0.4, 0.5) is 0 Å². The van der Waals surface area contributed by atoms with Crippen LogP contribution in [0.15, 0.2) is 0 Å². The minimum absolute atomic E-state index is 0.393. The summed E-state index contributed by atoms with van der Waals surface area (Å²) in [6, 6.07) is 1.40. The Morgan fingerprint density at radius 1 is 0.895 bits per heavy atom. The number of hydrogen-bond acceptors (Lipinski definition) is 2. The largest absolute Gasteiger partial charge is 0.342 e. The van der Waals surface area contributed by atoms with Crippen molar-refractivity contribution >= 4 is 5.91 Å². The number of hydrogen-bond donors (Lipinski definition) is 1. The van der Waals surface area contributed by atoms with E-state index in [1.807, 2.05) is 0 Å². The fourth-order valence-electron chi connectivity index (χ4n) is 3.62. The van der Waals surface area contributed by atoms with Gasteiger partial charge in [0.1, 0.15) is 0 Å². The molecule has 2 saturated carbocycles. The molecule has 0 atom stereocenters. The number of amides is 1. The first kappa shape index (κ1) is 13.4. The van der Waals surface area contributed by atoms with Crippen molar-refractivity contribution in [1.82, 2.24) is 10.2 Å². The van der Waals surface area contributed by atoms with E-state index in [9.17, 15) is 4.79 Å². The smallest absolute Gasteiger partial charge is 0.225 e. The lowest BCUT2D eigenvalue weighted by Gasteiger charge is -2.36. The van der Waals surface area contributed by atoms with E-state index < -0.39 is 0 Å². The van der Waals surface area contributed by atoms with Gasteiger partial charge in [-0.1, -0.05) is 6.92 Å². The first-order valence-electron chi connectivity index (χ1n) is 8.27. The van der Waals surface area contributed by atoms with Crippen molar-refractivity contribution in [2.45, 2.75) is 70.4 Å². The van der Waals surface area contributed by atoms with E-state index in [1.165, 1.54) is 25.7 Å². The maximum Gasteiger partial charge on any atom is 0.225 e. The van der Waals surface area contributed by atoms with Gasteiger partial charge in [-0.2, -0.15) is 0 Å². The summed E-state index contributed by atoms with van der Waals surface area (Å²) in [6.45, 7) is 4.34. The zero-order valence-electron chi connectivity index (χ0n) is 12.2. The van der Waals surface area contributed by atoms with Gasteiger partial charge in [0.15, 0.2) is 0 Å². The monoisotopic (exact) mass is 264 g/mol. The van der Waals surface area contributed by atoms with E-state index in [1.54, 1.807) is 0 Å². The Balaban J connectivity index is 1.39. The molecular weight excluding hydrogens is 236 g/mol. The molecule has 0 bridgehead atoms. The first-order chi connectivity index (χ1) is 9.22. The summed E-state index contributed by atoms with van der Waals surface area (Å²) in [5.41, 5.74) is 0. The predicted molar refractivity (Wildman–Crippen MR) is 76.9 cm³/mol. The molecule has 0 aromatic heterocycles. The van der Waals surface area contributed by atoms with Crippen molar-refractivity contribution < 1.29 is 4.79 Å². The number of carbonyl (C=O) groups excluding carboxylic acids is 1. The summed E-state index contributed by atoms with van der Waals surface area (Å²) in [4.78, 5) is 14.1. The van der Waals surface area contributed by atoms with Crippen LogP contribution in [0.2, 0.25) is 0 Å². The van der Waals surface area contributed by atoms with E-state index in [0.29, 0.717) is 17.9 Å². The molecule has 3 fully saturated rings. The summed E-state index contributed by atoms with van der Waals surface area (Å²) in [6.07, 6.45) is 10.1. The highest BCUT2D eigenvalue weighted by atomic mass is 16.2. The quantitative estimate of drug-likeness (QED) is 0.849. The molecule has 1 aliphatic heterocycles. The van der Waals surface area contributed by atoms with Gasteiger partial charge < -0.3 is 10.2 Å². The van der Waals surface area contributed by atoms with Gasteiger partial charge in [0, 0.05) is 31.1 Å². The highest BCUT2D eigenvalue weighted by molar-refractivity contribution is 5.81. The van der Waals surface area contributed by atoms with Crippen LogP contribution in [0.3, 0.4) is 0 Å². The Hall–Kier alpha value is -0.570. The number of rotatable bonds is 3. The van der Waals surface area contributed by atoms with Crippen LogP contribution in [0, 0.1) is 11.8 Å². The predicted octanol–water partition coefficient (Wildman–Crippen LogP) is 2.56. The Kier molecular flexibility index (Phi) is 4.11. The number of carbonyl (C=O) groups is 1. The molecule has 3 heteroatoms. The van der Waals surface area contributed by atoms with Gasteiger partial charge in [0.05, 0.1) is 0 Å². The first-order valence-corrected chi connectivity index (χ1v) is 8.27. The van der Waals surface area contributed by atoms with Crippen molar-refractivity contribution in [3.8, 4) is 0 Å². The topological polar surface area (TPSA) is 32.3 Å². The highest BCUT2D eigenvalue weighted by Crippen LogP contribution is 2.32. The molecule has 108 valence electrons. The van der Waals surface area contributed by atoms with Crippen molar-refractivity contribution in [3.63, 3.8) is 0 Å². The van der Waals surface area contributed by atoms with Crippen LogP contribution >= 0.6 is 0 Å². The third kappa shape index (κ3) is 3.50. The van der Waals surface area contributed by atoms with Gasteiger partial charge in [0.25, 0.3) is 0 Å². The summed E-state index contributed by atoms with van der Waals surface area (Å²) in [5, 5.41) is 3.84. The van der Waals surface area contributed by atoms with E-state index in [2.05, 4.69) is 17.1 Å². The lowest BCUT2D eigenvalue weighted by Crippen LogP contribution is -2.48. The SMILES string of the molecule is CC1CCC(NC2CCN(C(=O)C3CC3)CC2)CC1. The zero-order valence-corrected chi connectivity index (χ0v) is 12.2. The standard InChI is InChI=1S/C16H28N2O/c1-12-2-6-14(7-3-12)17-15-8-10-18(11-9-15)16(19)13-4-5-13/h12-15,17H,2-11H2,1H3. The van der Waals surface area contributed by atoms with E-state index >= 15 is 0 Å². The molecule has 0 unspecified atom stereocenters. The van der Waals surface area contributed by atoms with Gasteiger partial charge in [-0.05, 0) is 57.3 Å². The maximum absolute atomic E-state index is 12.0. The molecule has 3 rings (SSSR count). The van der Waals surface area contributed by atoms with Crippen LogP contribution in [0.5, 0.6) is 0 Å². The third-order valence-corrected chi connectivity index (χ3v) is 5.22. The summed E-state index contributed by atoms with van der Waals surface area (Å²) in [5.74, 6) is 1.75. The number of nitrogens with zero attached hydrogens (tertiary/aromatic N) is 1. The Labute approximate surface area is 117 Å². The van der Waals surface area contributed by atoms with Crippen molar-refractivity contribution in [1.29, 1.82) is 0 Å². The fraction of sp³-hybridized carbons (Fsp3) is 0.938. The second-order valence-corrected chi connectivity index (χ2v) is 7.00. The Bertz CT molecular complexity index is 311. The molecule has 1 heterocycles. The van der Waals surface area contributed by atoms with E-state index in [4.69, 9.17) is 0 Å². The normalized spacial score (nSPS) is 33.4. The highest BCUT2D eigenvalue weighted by Gasteiger charge is 2.35. The molecule has 0 spiro atoms. The summed E-state index contributed by atoms with van der Waals surface area (Å²) >= 11 is 0. The number of piperidine rings is 1. The van der Waals surface area contributed by atoms with Gasteiger partial charge in [0.2, 0.25) is 5.91 Å². The molecule has 1 saturated heterocycles. The van der Waals surface area contributed by atoms with Crippen LogP contribution < -0.4 is 5.32 Å². The fourth-order valence-corrected chi connectivity index (χ4v) is 3.62. The van der Waals surface area contributed by atoms with Gasteiger partial charge in [-0.3, -0.25) is 4.79 Å². The maximum atomic E-state index is 12.0. The summed E-state index contributed by atoms with van der Waals surface area (Å²) < 4.78 is 0. The average Bonchev–Trinajstić information content (AvgIpc) is 3.26. The minimum Gasteiger partial charge on any atom is -0.342 e. The molecule has 19 heavy (non-hydrogen) atoms. The average molecular weight is 264 g/mol. The third-order valence-electron chi connectivity index (χ3n) is 5.22. The molecule has 0 aromatic rings. The zero-order chi connectivity index (χ0) is 13.2. The molecule has 3 aliphatic rings. The summed E-state index contributed by atoms with van der Waals surface area (Å²) in [7, 11) is 0. The van der Waals surface area contributed by atoms with Gasteiger partial charge in [-0.25, -0.2) is 0 Å². The number of likely N-dealkylation sites (tertiary alicyclic amines) is 1. The second kappa shape index (κ2) is 5.82. The molecular formula is C16H28N2O. The molecule has 1 amide bonds. The van der Waals surface area contributed by atoms with Crippen LogP contribution in [0.25, 0.3) is 0 Å². The van der Waals surface area contributed by atoms with Crippen molar-refractivity contribution in [2.24, 2.45) is 11.8 Å². The molecule has 0 radical (unpaired) electrons. The Morgan fingerprint density at radius 3 is 2.05 bits per heavy atom. The van der Waals surface area contributed by atoms with Crippen LogP contribution in [-0.2, 0) is 4.79 Å². The Morgan fingerprint density at radius 2 is 1.47 bits per heavy atom. The van der Waals surface area contributed by atoms with Gasteiger partial charge >= 0.3 is 0 Å². The van der Waals surface area contributed by atoms with Crippen molar-refractivity contribution in [3.05, 3.63) is 0 Å².